The summed E-state index contributed by atoms with van der Waals surface area (Å²) < 4.78 is 5.51. The van der Waals surface area contributed by atoms with Crippen LogP contribution in [0.2, 0.25) is 5.82 Å². The summed E-state index contributed by atoms with van der Waals surface area (Å²) in [5.74, 6) is 6.24. The van der Waals surface area contributed by atoms with Crippen LogP contribution in [-0.2, 0) is 33.8 Å². The Kier molecular flexibility index (Phi) is 14.2. The van der Waals surface area contributed by atoms with Crippen LogP contribution in [0.5, 0.6) is 0 Å². The van der Waals surface area contributed by atoms with Crippen molar-refractivity contribution in [2.45, 2.75) is 129 Å². The summed E-state index contributed by atoms with van der Waals surface area (Å²) >= 11 is 0. The van der Waals surface area contributed by atoms with E-state index in [0.717, 1.165) is 74.5 Å². The molecular formula is C48H62BN9O5. The third kappa shape index (κ3) is 10.9. The lowest BCUT2D eigenvalue weighted by Gasteiger charge is -2.42. The van der Waals surface area contributed by atoms with Crippen molar-refractivity contribution >= 4 is 36.4 Å². The van der Waals surface area contributed by atoms with Crippen molar-refractivity contribution in [3.05, 3.63) is 113 Å². The summed E-state index contributed by atoms with van der Waals surface area (Å²) in [6.07, 6.45) is 13.3. The van der Waals surface area contributed by atoms with Gasteiger partial charge in [-0.1, -0.05) is 87.4 Å². The van der Waals surface area contributed by atoms with Gasteiger partial charge in [-0.25, -0.2) is 10.8 Å². The molecule has 332 valence electrons. The molecule has 2 aliphatic carbocycles. The summed E-state index contributed by atoms with van der Waals surface area (Å²) in [6, 6.07) is 16.2. The van der Waals surface area contributed by atoms with Crippen molar-refractivity contribution in [3.8, 4) is 11.5 Å². The number of allylic oxidation sites excluding steroid dienone is 1. The number of amides is 4. The van der Waals surface area contributed by atoms with Crippen LogP contribution >= 0.6 is 0 Å². The standard InChI is InChI=1S/C48H62BN9O5/c1-29(53-44(60)40-28-63-46(55-40)32-20-22-52-23-21-32)26-58(50)37-18-16-35(17-19-37)49-36-15-14-33-25-41(45(61)54-39-13-9-11-31-10-7-8-12-38(31)39)57(27-34(33)24-36)47(62)42(48(3,4)5)56-43(59)30(2)51-6/h7-8,10,12,14-15,20-24,26,28,30,35,37,39,41-42,49,51H,9,11,13,16-19,25,27,50H2,1-6H3,(H,53,60)(H,54,61)(H,56,59)/b29-26+/t30-,35?,37?,39+,41-,42+/m0/s1. The van der Waals surface area contributed by atoms with Crippen LogP contribution in [0.25, 0.3) is 11.5 Å². The molecule has 1 fully saturated rings. The number of oxazole rings is 1. The van der Waals surface area contributed by atoms with Crippen molar-refractivity contribution in [2.24, 2.45) is 11.3 Å². The van der Waals surface area contributed by atoms with Gasteiger partial charge >= 0.3 is 0 Å². The van der Waals surface area contributed by atoms with Crippen molar-refractivity contribution in [2.75, 3.05) is 7.05 Å². The highest BCUT2D eigenvalue weighted by atomic mass is 16.3. The number of hydrazine groups is 1. The number of carbonyl (C=O) groups is 4. The quantitative estimate of drug-likeness (QED) is 0.0724. The fraction of sp³-hybridized carbons (Fsp3) is 0.458. The van der Waals surface area contributed by atoms with Crippen molar-refractivity contribution in [3.63, 3.8) is 0 Å². The number of aromatic nitrogens is 2. The molecule has 6 N–H and O–H groups in total. The molecule has 4 aromatic rings. The number of fused-ring (bicyclic) bond motifs is 2. The smallest absolute Gasteiger partial charge is 0.277 e. The monoisotopic (exact) mass is 855 g/mol. The van der Waals surface area contributed by atoms with Gasteiger partial charge in [-0.2, -0.15) is 0 Å². The zero-order valence-corrected chi connectivity index (χ0v) is 37.4. The van der Waals surface area contributed by atoms with E-state index in [9.17, 15) is 19.2 Å². The number of carbonyl (C=O) groups excluding carboxylic acids is 4. The highest BCUT2D eigenvalue weighted by Crippen LogP contribution is 2.34. The Hall–Kier alpha value is -5.80. The second kappa shape index (κ2) is 19.7. The average molecular weight is 856 g/mol. The average Bonchev–Trinajstić information content (AvgIpc) is 3.78. The van der Waals surface area contributed by atoms with Crippen LogP contribution in [0.15, 0.2) is 89.6 Å². The van der Waals surface area contributed by atoms with Gasteiger partial charge < -0.3 is 35.6 Å². The first-order chi connectivity index (χ1) is 30.2. The molecule has 0 radical (unpaired) electrons. The highest BCUT2D eigenvalue weighted by Gasteiger charge is 2.43. The maximum atomic E-state index is 14.8. The number of nitrogens with zero attached hydrogens (tertiary/aromatic N) is 4. The molecular weight excluding hydrogens is 793 g/mol. The number of likely N-dealkylation sites (N-methyl/N-ethyl adjacent to an activating group) is 1. The topological polar surface area (TPSA) is 188 Å². The number of rotatable bonds is 13. The summed E-state index contributed by atoms with van der Waals surface area (Å²) in [5, 5.41) is 13.9. The Balaban J connectivity index is 1.01. The van der Waals surface area contributed by atoms with E-state index in [1.165, 1.54) is 17.3 Å². The third-order valence-electron chi connectivity index (χ3n) is 13.0. The second-order valence-corrected chi connectivity index (χ2v) is 18.6. The first kappa shape index (κ1) is 45.2. The number of hydrogen-bond acceptors (Lipinski definition) is 10. The van der Waals surface area contributed by atoms with E-state index in [1.807, 2.05) is 32.9 Å². The molecule has 1 aliphatic heterocycles. The molecule has 1 saturated carbocycles. The summed E-state index contributed by atoms with van der Waals surface area (Å²) in [7, 11) is 2.60. The van der Waals surface area contributed by atoms with Gasteiger partial charge in [0.05, 0.1) is 12.1 Å². The largest absolute Gasteiger partial charge is 0.444 e. The van der Waals surface area contributed by atoms with Crippen molar-refractivity contribution in [1.29, 1.82) is 0 Å². The summed E-state index contributed by atoms with van der Waals surface area (Å²) in [4.78, 5) is 65.4. The molecule has 0 bridgehead atoms. The summed E-state index contributed by atoms with van der Waals surface area (Å²) in [6.45, 7) is 9.66. The maximum Gasteiger partial charge on any atom is 0.277 e. The van der Waals surface area contributed by atoms with Gasteiger partial charge in [-0.05, 0) is 92.8 Å². The molecule has 3 aliphatic rings. The molecule has 0 spiro atoms. The lowest BCUT2D eigenvalue weighted by molar-refractivity contribution is -0.147. The molecule has 0 saturated heterocycles. The Bertz CT molecular complexity index is 2300. The minimum absolute atomic E-state index is 0.124. The minimum atomic E-state index is -0.844. The van der Waals surface area contributed by atoms with Crippen molar-refractivity contribution in [1.82, 2.24) is 41.1 Å². The normalized spacial score (nSPS) is 20.9. The predicted octanol–water partition coefficient (Wildman–Crippen LogP) is 4.58. The minimum Gasteiger partial charge on any atom is -0.444 e. The van der Waals surface area contributed by atoms with Gasteiger partial charge in [-0.15, -0.1) is 0 Å². The Morgan fingerprint density at radius 3 is 2.46 bits per heavy atom. The highest BCUT2D eigenvalue weighted by molar-refractivity contribution is 6.55. The second-order valence-electron chi connectivity index (χ2n) is 18.6. The molecule has 14 nitrogen and oxygen atoms in total. The van der Waals surface area contributed by atoms with Gasteiger partial charge in [0, 0.05) is 48.9 Å². The Morgan fingerprint density at radius 2 is 1.73 bits per heavy atom. The van der Waals surface area contributed by atoms with Crippen LogP contribution in [0.3, 0.4) is 0 Å². The molecule has 2 aromatic heterocycles. The molecule has 63 heavy (non-hydrogen) atoms. The SMILES string of the molecule is CN[C@@H](C)C(=O)N[C@H](C(=O)N1Cc2cc(BC3CCC(N(N)/C=C(\C)NC(=O)c4coc(-c5ccncc5)n4)CC3)ccc2C[C@H]1C(=O)N[C@@H]1CCCc2ccccc21)C(C)(C)C. The van der Waals surface area contributed by atoms with Gasteiger partial charge in [0.2, 0.25) is 23.6 Å². The number of benzene rings is 2. The number of pyridine rings is 1. The van der Waals surface area contributed by atoms with E-state index >= 15 is 0 Å². The number of nitrogens with two attached hydrogens (primary N) is 1. The number of aryl methyl sites for hydroxylation is 1. The zero-order chi connectivity index (χ0) is 44.8. The van der Waals surface area contributed by atoms with E-state index in [0.29, 0.717) is 23.8 Å². The molecule has 3 heterocycles. The van der Waals surface area contributed by atoms with Crippen LogP contribution in [0, 0.1) is 5.41 Å². The Labute approximate surface area is 371 Å². The zero-order valence-electron chi connectivity index (χ0n) is 37.4. The third-order valence-corrected chi connectivity index (χ3v) is 13.0. The molecule has 4 amide bonds. The predicted molar refractivity (Wildman–Crippen MR) is 244 cm³/mol. The Morgan fingerprint density at radius 1 is 0.984 bits per heavy atom. The van der Waals surface area contributed by atoms with E-state index in [2.05, 4.69) is 61.6 Å². The summed E-state index contributed by atoms with van der Waals surface area (Å²) in [5.41, 5.74) is 6.55. The van der Waals surface area contributed by atoms with E-state index in [4.69, 9.17) is 10.3 Å². The van der Waals surface area contributed by atoms with Gasteiger partial charge in [-0.3, -0.25) is 24.2 Å². The van der Waals surface area contributed by atoms with Gasteiger partial charge in [0.1, 0.15) is 18.3 Å². The van der Waals surface area contributed by atoms with E-state index < -0.39 is 23.5 Å². The molecule has 0 unspecified atom stereocenters. The van der Waals surface area contributed by atoms with Crippen molar-refractivity contribution < 1.29 is 23.6 Å². The van der Waals surface area contributed by atoms with Crippen LogP contribution in [0.4, 0.5) is 0 Å². The van der Waals surface area contributed by atoms with Crippen LogP contribution in [0.1, 0.15) is 112 Å². The van der Waals surface area contributed by atoms with E-state index in [1.54, 1.807) is 61.5 Å². The van der Waals surface area contributed by atoms with Gasteiger partial charge in [0.15, 0.2) is 13.0 Å². The van der Waals surface area contributed by atoms with Gasteiger partial charge in [0.25, 0.3) is 5.91 Å². The number of nitrogens with one attached hydrogen (secondary N) is 4. The molecule has 4 atom stereocenters. The fourth-order valence-corrected chi connectivity index (χ4v) is 9.21. The maximum absolute atomic E-state index is 14.8. The first-order valence-electron chi connectivity index (χ1n) is 22.3. The fourth-order valence-electron chi connectivity index (χ4n) is 9.21. The molecule has 15 heteroatoms. The van der Waals surface area contributed by atoms with Crippen LogP contribution in [-0.4, -0.2) is 82.0 Å². The first-order valence-corrected chi connectivity index (χ1v) is 22.3. The van der Waals surface area contributed by atoms with E-state index in [-0.39, 0.29) is 48.0 Å². The molecule has 2 aromatic carbocycles. The number of hydrogen-bond donors (Lipinski definition) is 5. The lowest BCUT2D eigenvalue weighted by Crippen LogP contribution is -2.62. The lowest BCUT2D eigenvalue weighted by atomic mass is 9.54. The van der Waals surface area contributed by atoms with Crippen LogP contribution < -0.4 is 32.6 Å². The molecule has 7 rings (SSSR count).